The molecule has 7 heteroatoms. The van der Waals surface area contributed by atoms with E-state index in [4.69, 9.17) is 0 Å². The lowest BCUT2D eigenvalue weighted by molar-refractivity contribution is -0.118. The van der Waals surface area contributed by atoms with Crippen LogP contribution in [0.2, 0.25) is 0 Å². The molecule has 0 unspecified atom stereocenters. The number of pyridine rings is 1. The first-order chi connectivity index (χ1) is 11.8. The van der Waals surface area contributed by atoms with Gasteiger partial charge in [-0.05, 0) is 17.7 Å². The number of aromatic nitrogens is 4. The van der Waals surface area contributed by atoms with Crippen LogP contribution in [-0.2, 0) is 17.1 Å². The predicted molar refractivity (Wildman–Crippen MR) is 93.6 cm³/mol. The summed E-state index contributed by atoms with van der Waals surface area (Å²) in [6, 6.07) is 13.8. The van der Waals surface area contributed by atoms with E-state index in [1.165, 1.54) is 5.56 Å². The largest absolute Gasteiger partial charge is 0.350 e. The third-order valence-electron chi connectivity index (χ3n) is 3.26. The first kappa shape index (κ1) is 16.2. The van der Waals surface area contributed by atoms with Gasteiger partial charge in [0.15, 0.2) is 0 Å². The fourth-order valence-electron chi connectivity index (χ4n) is 2.07. The normalized spacial score (nSPS) is 10.5. The van der Waals surface area contributed by atoms with Crippen LogP contribution in [0.25, 0.3) is 5.69 Å². The number of amides is 1. The number of nitrogens with one attached hydrogen (secondary N) is 1. The number of thioether (sulfide) groups is 1. The van der Waals surface area contributed by atoms with E-state index in [2.05, 4.69) is 32.7 Å². The van der Waals surface area contributed by atoms with Gasteiger partial charge in [0, 0.05) is 11.9 Å². The van der Waals surface area contributed by atoms with Crippen molar-refractivity contribution >= 4 is 17.7 Å². The van der Waals surface area contributed by atoms with Crippen molar-refractivity contribution < 1.29 is 4.79 Å². The molecule has 0 bridgehead atoms. The van der Waals surface area contributed by atoms with E-state index in [9.17, 15) is 4.79 Å². The molecule has 2 aromatic heterocycles. The van der Waals surface area contributed by atoms with E-state index in [1.807, 2.05) is 30.3 Å². The first-order valence-electron chi connectivity index (χ1n) is 7.51. The van der Waals surface area contributed by atoms with Crippen molar-refractivity contribution in [3.05, 3.63) is 72.3 Å². The maximum Gasteiger partial charge on any atom is 0.230 e. The zero-order valence-electron chi connectivity index (χ0n) is 13.0. The second-order valence-corrected chi connectivity index (χ2v) is 6.11. The van der Waals surface area contributed by atoms with Gasteiger partial charge in [-0.3, -0.25) is 9.78 Å². The Kier molecular flexibility index (Phi) is 5.57. The van der Waals surface area contributed by atoms with Gasteiger partial charge in [-0.25, -0.2) is 4.68 Å². The number of carbonyl (C=O) groups is 1. The van der Waals surface area contributed by atoms with Crippen LogP contribution in [0.5, 0.6) is 0 Å². The molecule has 2 heterocycles. The van der Waals surface area contributed by atoms with Gasteiger partial charge in [-0.15, -0.1) is 16.9 Å². The van der Waals surface area contributed by atoms with Gasteiger partial charge in [-0.1, -0.05) is 35.5 Å². The summed E-state index contributed by atoms with van der Waals surface area (Å²) in [6.07, 6.45) is 5.19. The molecule has 3 rings (SSSR count). The smallest absolute Gasteiger partial charge is 0.230 e. The third kappa shape index (κ3) is 4.66. The quantitative estimate of drug-likeness (QED) is 0.714. The highest BCUT2D eigenvalue weighted by Gasteiger charge is 2.06. The molecule has 0 aliphatic heterocycles. The number of nitrogens with zero attached hydrogens (tertiary/aromatic N) is 4. The van der Waals surface area contributed by atoms with Gasteiger partial charge in [0.05, 0.1) is 30.4 Å². The Hall–Kier alpha value is -2.67. The molecule has 1 aromatic carbocycles. The van der Waals surface area contributed by atoms with Crippen LogP contribution in [0.3, 0.4) is 0 Å². The predicted octanol–water partition coefficient (Wildman–Crippen LogP) is 2.21. The van der Waals surface area contributed by atoms with Crippen LogP contribution >= 0.6 is 11.8 Å². The molecule has 0 saturated carbocycles. The van der Waals surface area contributed by atoms with Crippen molar-refractivity contribution in [2.24, 2.45) is 0 Å². The molecular formula is C17H17N5OS. The standard InChI is InChI=1S/C17H17N5OS/c23-17(13-24-12-14-5-2-1-3-6-14)19-9-15-11-22(21-20-15)16-7-4-8-18-10-16/h1-8,10-11H,9,12-13H2,(H,19,23). The summed E-state index contributed by atoms with van der Waals surface area (Å²) >= 11 is 1.59. The Balaban J connectivity index is 1.42. The van der Waals surface area contributed by atoms with Crippen LogP contribution in [0.15, 0.2) is 61.1 Å². The minimum atomic E-state index is -0.00754. The monoisotopic (exact) mass is 339 g/mol. The van der Waals surface area contributed by atoms with E-state index in [0.29, 0.717) is 18.0 Å². The van der Waals surface area contributed by atoms with E-state index in [0.717, 1.165) is 11.4 Å². The highest BCUT2D eigenvalue weighted by atomic mass is 32.2. The fraction of sp³-hybridized carbons (Fsp3) is 0.176. The highest BCUT2D eigenvalue weighted by molar-refractivity contribution is 7.99. The minimum Gasteiger partial charge on any atom is -0.350 e. The van der Waals surface area contributed by atoms with Gasteiger partial charge in [0.25, 0.3) is 0 Å². The van der Waals surface area contributed by atoms with Crippen molar-refractivity contribution in [1.82, 2.24) is 25.3 Å². The molecule has 1 amide bonds. The van der Waals surface area contributed by atoms with E-state index in [-0.39, 0.29) is 5.91 Å². The van der Waals surface area contributed by atoms with Gasteiger partial charge in [-0.2, -0.15) is 0 Å². The summed E-state index contributed by atoms with van der Waals surface area (Å²) < 4.78 is 1.64. The lowest BCUT2D eigenvalue weighted by Gasteiger charge is -2.03. The number of carbonyl (C=O) groups excluding carboxylic acids is 1. The summed E-state index contributed by atoms with van der Waals surface area (Å²) in [7, 11) is 0. The Labute approximate surface area is 144 Å². The Morgan fingerprint density at radius 3 is 2.83 bits per heavy atom. The molecule has 0 aliphatic rings. The molecule has 0 saturated heterocycles. The van der Waals surface area contributed by atoms with E-state index >= 15 is 0 Å². The van der Waals surface area contributed by atoms with Gasteiger partial charge >= 0.3 is 0 Å². The number of benzene rings is 1. The SMILES string of the molecule is O=C(CSCc1ccccc1)NCc1cn(-c2cccnc2)nn1. The summed E-state index contributed by atoms with van der Waals surface area (Å²) in [6.45, 7) is 0.366. The van der Waals surface area contributed by atoms with Crippen molar-refractivity contribution in [2.45, 2.75) is 12.3 Å². The molecule has 1 N–H and O–H groups in total. The lowest BCUT2D eigenvalue weighted by Crippen LogP contribution is -2.24. The summed E-state index contributed by atoms with van der Waals surface area (Å²) in [5.41, 5.74) is 2.76. The molecule has 24 heavy (non-hydrogen) atoms. The van der Waals surface area contributed by atoms with Gasteiger partial charge in [0.2, 0.25) is 5.91 Å². The number of hydrogen-bond donors (Lipinski definition) is 1. The second kappa shape index (κ2) is 8.26. The maximum absolute atomic E-state index is 11.9. The van der Waals surface area contributed by atoms with Gasteiger partial charge < -0.3 is 5.32 Å². The Morgan fingerprint density at radius 2 is 2.04 bits per heavy atom. The summed E-state index contributed by atoms with van der Waals surface area (Å²) in [4.78, 5) is 15.9. The second-order valence-electron chi connectivity index (χ2n) is 5.12. The molecule has 0 radical (unpaired) electrons. The summed E-state index contributed by atoms with van der Waals surface area (Å²) in [5.74, 6) is 1.24. The highest BCUT2D eigenvalue weighted by Crippen LogP contribution is 2.11. The molecule has 6 nitrogen and oxygen atoms in total. The van der Waals surface area contributed by atoms with Crippen molar-refractivity contribution in [3.8, 4) is 5.69 Å². The van der Waals surface area contributed by atoms with E-state index < -0.39 is 0 Å². The van der Waals surface area contributed by atoms with Crippen LogP contribution in [0.1, 0.15) is 11.3 Å². The van der Waals surface area contributed by atoms with Crippen LogP contribution in [-0.4, -0.2) is 31.6 Å². The zero-order chi connectivity index (χ0) is 16.6. The Morgan fingerprint density at radius 1 is 1.17 bits per heavy atom. The molecular weight excluding hydrogens is 322 g/mol. The lowest BCUT2D eigenvalue weighted by atomic mass is 10.2. The van der Waals surface area contributed by atoms with Gasteiger partial charge in [0.1, 0.15) is 5.69 Å². The topological polar surface area (TPSA) is 72.7 Å². The molecule has 3 aromatic rings. The maximum atomic E-state index is 11.9. The molecule has 0 fully saturated rings. The Bertz CT molecular complexity index is 776. The van der Waals surface area contributed by atoms with Crippen LogP contribution in [0, 0.1) is 0 Å². The number of hydrogen-bond acceptors (Lipinski definition) is 5. The minimum absolute atomic E-state index is 0.00754. The molecule has 0 atom stereocenters. The van der Waals surface area contributed by atoms with Crippen molar-refractivity contribution in [2.75, 3.05) is 5.75 Å². The average molecular weight is 339 g/mol. The zero-order valence-corrected chi connectivity index (χ0v) is 13.8. The van der Waals surface area contributed by atoms with E-state index in [1.54, 1.807) is 35.0 Å². The van der Waals surface area contributed by atoms with Crippen LogP contribution < -0.4 is 5.32 Å². The van der Waals surface area contributed by atoms with Crippen LogP contribution in [0.4, 0.5) is 0 Å². The van der Waals surface area contributed by atoms with Crippen molar-refractivity contribution in [1.29, 1.82) is 0 Å². The molecule has 122 valence electrons. The molecule has 0 spiro atoms. The fourth-order valence-corrected chi connectivity index (χ4v) is 2.89. The first-order valence-corrected chi connectivity index (χ1v) is 8.67. The summed E-state index contributed by atoms with van der Waals surface area (Å²) in [5, 5.41) is 11.0. The average Bonchev–Trinajstić information content (AvgIpc) is 3.11. The van der Waals surface area contributed by atoms with Crippen molar-refractivity contribution in [3.63, 3.8) is 0 Å². The number of rotatable bonds is 7. The molecule has 0 aliphatic carbocycles. The third-order valence-corrected chi connectivity index (χ3v) is 4.27.